The van der Waals surface area contributed by atoms with Gasteiger partial charge in [-0.1, -0.05) is 103 Å². The summed E-state index contributed by atoms with van der Waals surface area (Å²) in [4.78, 5) is 0. The Morgan fingerprint density at radius 3 is 1.67 bits per heavy atom. The lowest BCUT2D eigenvalue weighted by atomic mass is 9.98. The third-order valence-corrected chi connectivity index (χ3v) is 42.4. The maximum Gasteiger partial charge on any atom is 0.245 e. The Morgan fingerprint density at radius 2 is 1.27 bits per heavy atom. The SMILES string of the molecule is CC(C)(C)C(O[Si](C)(C)C)[Si](O/C=C\C=C\c1ccccc1)([Si](C)(C)C)[Si](C)(C)C. The first-order valence-corrected chi connectivity index (χ1v) is 25.6. The molecule has 1 aromatic rings. The van der Waals surface area contributed by atoms with Gasteiger partial charge in [-0.05, 0) is 36.7 Å². The summed E-state index contributed by atoms with van der Waals surface area (Å²) >= 11 is 0. The maximum atomic E-state index is 7.06. The van der Waals surface area contributed by atoms with Crippen molar-refractivity contribution >= 4 is 36.9 Å². The van der Waals surface area contributed by atoms with E-state index in [0.29, 0.717) is 0 Å². The van der Waals surface area contributed by atoms with E-state index >= 15 is 0 Å². The number of rotatable bonds is 9. The van der Waals surface area contributed by atoms with Gasteiger partial charge in [-0.15, -0.1) is 0 Å². The van der Waals surface area contributed by atoms with Crippen LogP contribution in [0.3, 0.4) is 0 Å². The van der Waals surface area contributed by atoms with Gasteiger partial charge < -0.3 is 8.85 Å². The number of allylic oxidation sites excluding steroid dienone is 2. The average molecular weight is 479 g/mol. The molecule has 0 spiro atoms. The van der Waals surface area contributed by atoms with Crippen LogP contribution in [0.1, 0.15) is 26.3 Å². The summed E-state index contributed by atoms with van der Waals surface area (Å²) in [6, 6.07) is 10.4. The molecule has 6 heteroatoms. The molecule has 1 aromatic carbocycles. The van der Waals surface area contributed by atoms with E-state index in [1.54, 1.807) is 0 Å². The molecule has 0 aromatic heterocycles. The normalized spacial score (nSPS) is 15.7. The lowest BCUT2D eigenvalue weighted by molar-refractivity contribution is 0.130. The molecular weight excluding hydrogens is 433 g/mol. The zero-order valence-electron chi connectivity index (χ0n) is 21.6. The third kappa shape index (κ3) is 7.19. The molecule has 0 fully saturated rings. The van der Waals surface area contributed by atoms with E-state index in [9.17, 15) is 0 Å². The van der Waals surface area contributed by atoms with Gasteiger partial charge in [0.25, 0.3) is 0 Å². The first-order chi connectivity index (χ1) is 13.4. The molecule has 30 heavy (non-hydrogen) atoms. The molecule has 0 radical (unpaired) electrons. The molecule has 0 aliphatic rings. The number of hydrogen-bond acceptors (Lipinski definition) is 2. The fourth-order valence-electron chi connectivity index (χ4n) is 4.47. The lowest BCUT2D eigenvalue weighted by Gasteiger charge is -2.56. The highest BCUT2D eigenvalue weighted by molar-refractivity contribution is 7.67. The average Bonchev–Trinajstić information content (AvgIpc) is 2.53. The fraction of sp³-hybridized carbons (Fsp3) is 0.583. The summed E-state index contributed by atoms with van der Waals surface area (Å²) in [7, 11) is -7.31. The Kier molecular flexibility index (Phi) is 8.99. The smallest absolute Gasteiger partial charge is 0.245 e. The van der Waals surface area contributed by atoms with Gasteiger partial charge in [0.05, 0.1) is 27.2 Å². The van der Waals surface area contributed by atoms with Gasteiger partial charge in [-0.25, -0.2) is 0 Å². The van der Waals surface area contributed by atoms with E-state index in [0.717, 1.165) is 0 Å². The molecular formula is C24H46O2Si4. The molecule has 0 N–H and O–H groups in total. The largest absolute Gasteiger partial charge is 0.552 e. The number of hydrogen-bond donors (Lipinski definition) is 0. The second-order valence-corrected chi connectivity index (χ2v) is 43.1. The molecule has 1 unspecified atom stereocenters. The van der Waals surface area contributed by atoms with Crippen molar-refractivity contribution in [3.05, 3.63) is 54.3 Å². The quantitative estimate of drug-likeness (QED) is 0.205. The predicted molar refractivity (Wildman–Crippen MR) is 146 cm³/mol. The van der Waals surface area contributed by atoms with Crippen LogP contribution in [-0.4, -0.2) is 36.6 Å². The summed E-state index contributed by atoms with van der Waals surface area (Å²) in [5.74, 6) is 0. The van der Waals surface area contributed by atoms with E-state index < -0.39 is 30.9 Å². The first kappa shape index (κ1) is 27.4. The molecule has 0 saturated carbocycles. The van der Waals surface area contributed by atoms with Crippen molar-refractivity contribution in [2.75, 3.05) is 0 Å². The number of benzene rings is 1. The summed E-state index contributed by atoms with van der Waals surface area (Å²) < 4.78 is 14.1. The highest BCUT2D eigenvalue weighted by Crippen LogP contribution is 2.42. The molecule has 0 saturated heterocycles. The van der Waals surface area contributed by atoms with Crippen molar-refractivity contribution in [3.8, 4) is 0 Å². The Balaban J connectivity index is 3.42. The van der Waals surface area contributed by atoms with Crippen LogP contribution >= 0.6 is 0 Å². The molecule has 0 heterocycles. The summed E-state index contributed by atoms with van der Waals surface area (Å²) in [5.41, 5.74) is 1.47. The van der Waals surface area contributed by atoms with Crippen LogP contribution < -0.4 is 0 Å². The van der Waals surface area contributed by atoms with Crippen LogP contribution in [0, 0.1) is 5.41 Å². The molecule has 0 bridgehead atoms. The van der Waals surface area contributed by atoms with Crippen molar-refractivity contribution in [1.82, 2.24) is 0 Å². The van der Waals surface area contributed by atoms with Gasteiger partial charge in [-0.3, -0.25) is 0 Å². The Hall–Kier alpha value is -0.672. The summed E-state index contributed by atoms with van der Waals surface area (Å²) in [5, 5.41) is 0. The van der Waals surface area contributed by atoms with Crippen LogP contribution in [0.5, 0.6) is 0 Å². The van der Waals surface area contributed by atoms with Crippen molar-refractivity contribution < 1.29 is 8.85 Å². The van der Waals surface area contributed by atoms with Crippen molar-refractivity contribution in [3.63, 3.8) is 0 Å². The Bertz CT molecular complexity index is 701. The van der Waals surface area contributed by atoms with E-state index in [1.807, 2.05) is 12.3 Å². The van der Waals surface area contributed by atoms with Gasteiger partial charge in [0.2, 0.25) is 7.35 Å². The van der Waals surface area contributed by atoms with Gasteiger partial charge >= 0.3 is 0 Å². The van der Waals surface area contributed by atoms with Crippen molar-refractivity contribution in [2.45, 2.75) is 85.4 Å². The van der Waals surface area contributed by atoms with E-state index in [2.05, 4.69) is 122 Å². The lowest BCUT2D eigenvalue weighted by Crippen LogP contribution is -2.82. The Morgan fingerprint density at radius 1 is 0.767 bits per heavy atom. The predicted octanol–water partition coefficient (Wildman–Crippen LogP) is 7.81. The third-order valence-electron chi connectivity index (χ3n) is 5.39. The van der Waals surface area contributed by atoms with Crippen molar-refractivity contribution in [2.24, 2.45) is 5.41 Å². The van der Waals surface area contributed by atoms with Crippen LogP contribution in [0.2, 0.25) is 58.9 Å². The minimum atomic E-state index is -2.23. The monoisotopic (exact) mass is 478 g/mol. The molecule has 1 rings (SSSR count). The van der Waals surface area contributed by atoms with E-state index in [1.165, 1.54) is 5.56 Å². The summed E-state index contributed by atoms with van der Waals surface area (Å²) in [6.07, 6.45) is 8.29. The molecule has 170 valence electrons. The van der Waals surface area contributed by atoms with Crippen LogP contribution in [0.4, 0.5) is 0 Å². The topological polar surface area (TPSA) is 18.5 Å². The van der Waals surface area contributed by atoms with Gasteiger partial charge in [0.1, 0.15) is 0 Å². The molecule has 0 aliphatic carbocycles. The Labute approximate surface area is 190 Å². The second-order valence-electron chi connectivity index (χ2n) is 12.4. The van der Waals surface area contributed by atoms with Gasteiger partial charge in [0.15, 0.2) is 8.32 Å². The second kappa shape index (κ2) is 9.86. The standard InChI is InChI=1S/C24H46O2Si4/c1-24(2,3)23(26-27(4,5)6)30(28(7,8)9,29(10,11)12)25-21-17-16-20-22-18-14-13-15-19-22/h13-21,23H,1-12H3/b20-16+,21-17-. The highest BCUT2D eigenvalue weighted by atomic mass is 29.7. The minimum absolute atomic E-state index is 0.0563. The van der Waals surface area contributed by atoms with Crippen LogP contribution in [0.15, 0.2) is 48.7 Å². The first-order valence-electron chi connectivity index (χ1n) is 11.2. The molecule has 0 aliphatic heterocycles. The van der Waals surface area contributed by atoms with Gasteiger partial charge in [0, 0.05) is 0 Å². The minimum Gasteiger partial charge on any atom is -0.552 e. The van der Waals surface area contributed by atoms with Crippen LogP contribution in [-0.2, 0) is 8.85 Å². The zero-order chi connectivity index (χ0) is 23.4. The highest BCUT2D eigenvalue weighted by Gasteiger charge is 2.66. The summed E-state index contributed by atoms with van der Waals surface area (Å²) in [6.45, 7) is 29.1. The molecule has 2 nitrogen and oxygen atoms in total. The van der Waals surface area contributed by atoms with E-state index in [-0.39, 0.29) is 11.1 Å². The zero-order valence-corrected chi connectivity index (χ0v) is 25.6. The fourth-order valence-corrected chi connectivity index (χ4v) is 51.3. The molecule has 1 atom stereocenters. The molecule has 0 amide bonds. The van der Waals surface area contributed by atoms with E-state index in [4.69, 9.17) is 8.85 Å². The van der Waals surface area contributed by atoms with Gasteiger partial charge in [-0.2, -0.15) is 0 Å². The van der Waals surface area contributed by atoms with Crippen molar-refractivity contribution in [1.29, 1.82) is 0 Å². The maximum absolute atomic E-state index is 7.06. The van der Waals surface area contributed by atoms with Crippen LogP contribution in [0.25, 0.3) is 6.08 Å².